The molecule has 2 aromatic rings. The zero-order valence-electron chi connectivity index (χ0n) is 13.2. The Bertz CT molecular complexity index is 746. The lowest BCUT2D eigenvalue weighted by atomic mass is 10.1. The van der Waals surface area contributed by atoms with Crippen LogP contribution in [0.25, 0.3) is 0 Å². The number of nitrogens with one attached hydrogen (secondary N) is 1. The first-order valence-electron chi connectivity index (χ1n) is 7.16. The molecule has 6 heteroatoms. The molecule has 1 atom stereocenters. The van der Waals surface area contributed by atoms with Crippen molar-refractivity contribution < 1.29 is 9.72 Å². The highest BCUT2D eigenvalue weighted by atomic mass is 32.2. The number of thioether (sulfide) groups is 1. The van der Waals surface area contributed by atoms with Crippen molar-refractivity contribution in [3.63, 3.8) is 0 Å². The third-order valence-electron chi connectivity index (χ3n) is 3.48. The number of nitro benzene ring substituents is 1. The van der Waals surface area contributed by atoms with E-state index in [1.54, 1.807) is 12.1 Å². The van der Waals surface area contributed by atoms with Gasteiger partial charge in [0.25, 0.3) is 5.69 Å². The molecule has 0 aliphatic carbocycles. The molecular weight excluding hydrogens is 312 g/mol. The first kappa shape index (κ1) is 17.0. The van der Waals surface area contributed by atoms with Gasteiger partial charge in [0.05, 0.1) is 10.2 Å². The van der Waals surface area contributed by atoms with E-state index >= 15 is 0 Å². The molecule has 0 unspecified atom stereocenters. The predicted octanol–water partition coefficient (Wildman–Crippen LogP) is 4.33. The maximum absolute atomic E-state index is 12.2. The van der Waals surface area contributed by atoms with E-state index in [1.807, 2.05) is 32.9 Å². The Morgan fingerprint density at radius 2 is 1.91 bits per heavy atom. The summed E-state index contributed by atoms with van der Waals surface area (Å²) in [4.78, 5) is 23.5. The van der Waals surface area contributed by atoms with Crippen LogP contribution >= 0.6 is 11.8 Å². The molecule has 0 saturated carbocycles. The first-order chi connectivity index (χ1) is 10.9. The summed E-state index contributed by atoms with van der Waals surface area (Å²) in [5, 5.41) is 13.2. The molecule has 0 saturated heterocycles. The number of nitrogens with zero attached hydrogens (tertiary/aromatic N) is 1. The fourth-order valence-electron chi connectivity index (χ4n) is 1.99. The van der Waals surface area contributed by atoms with Crippen LogP contribution in [0.3, 0.4) is 0 Å². The zero-order chi connectivity index (χ0) is 17.0. The van der Waals surface area contributed by atoms with Crippen LogP contribution in [0, 0.1) is 24.0 Å². The smallest absolute Gasteiger partial charge is 0.271 e. The van der Waals surface area contributed by atoms with E-state index in [4.69, 9.17) is 0 Å². The second kappa shape index (κ2) is 7.28. The molecule has 2 rings (SSSR count). The highest BCUT2D eigenvalue weighted by molar-refractivity contribution is 8.00. The third-order valence-corrected chi connectivity index (χ3v) is 4.58. The van der Waals surface area contributed by atoms with Gasteiger partial charge in [-0.15, -0.1) is 11.8 Å². The summed E-state index contributed by atoms with van der Waals surface area (Å²) >= 11 is 1.46. The van der Waals surface area contributed by atoms with E-state index in [0.29, 0.717) is 5.69 Å². The van der Waals surface area contributed by atoms with Gasteiger partial charge in [0.2, 0.25) is 5.91 Å². The summed E-state index contributed by atoms with van der Waals surface area (Å²) < 4.78 is 0. The third kappa shape index (κ3) is 4.56. The largest absolute Gasteiger partial charge is 0.325 e. The molecule has 0 fully saturated rings. The average Bonchev–Trinajstić information content (AvgIpc) is 2.51. The second-order valence-electron chi connectivity index (χ2n) is 5.30. The summed E-state index contributed by atoms with van der Waals surface area (Å²) in [5.41, 5.74) is 2.78. The van der Waals surface area contributed by atoms with E-state index in [9.17, 15) is 14.9 Å². The van der Waals surface area contributed by atoms with Crippen LogP contribution in [0.15, 0.2) is 47.4 Å². The SMILES string of the molecule is Cc1ccc(S[C@H](C)C(=O)Nc2cccc([N+](=O)[O-])c2)cc1C. The fraction of sp³-hybridized carbons (Fsp3) is 0.235. The summed E-state index contributed by atoms with van der Waals surface area (Å²) in [6, 6.07) is 12.0. The van der Waals surface area contributed by atoms with Crippen LogP contribution in [-0.4, -0.2) is 16.1 Å². The zero-order valence-corrected chi connectivity index (χ0v) is 14.0. The number of aryl methyl sites for hydroxylation is 2. The molecule has 120 valence electrons. The molecule has 0 bridgehead atoms. The predicted molar refractivity (Wildman–Crippen MR) is 93.0 cm³/mol. The van der Waals surface area contributed by atoms with Gasteiger partial charge in [-0.2, -0.15) is 0 Å². The Kier molecular flexibility index (Phi) is 5.39. The van der Waals surface area contributed by atoms with Crippen LogP contribution in [0.2, 0.25) is 0 Å². The number of non-ortho nitro benzene ring substituents is 1. The lowest BCUT2D eigenvalue weighted by molar-refractivity contribution is -0.384. The molecular formula is C17H18N2O3S. The van der Waals surface area contributed by atoms with Crippen molar-refractivity contribution >= 4 is 29.0 Å². The van der Waals surface area contributed by atoms with Crippen molar-refractivity contribution in [2.75, 3.05) is 5.32 Å². The molecule has 2 aromatic carbocycles. The van der Waals surface area contributed by atoms with Crippen LogP contribution in [0.5, 0.6) is 0 Å². The number of carbonyl (C=O) groups excluding carboxylic acids is 1. The summed E-state index contributed by atoms with van der Waals surface area (Å²) in [6.07, 6.45) is 0. The summed E-state index contributed by atoms with van der Waals surface area (Å²) in [7, 11) is 0. The van der Waals surface area contributed by atoms with Crippen molar-refractivity contribution in [2.24, 2.45) is 0 Å². The van der Waals surface area contributed by atoms with Gasteiger partial charge in [0, 0.05) is 22.7 Å². The molecule has 0 aromatic heterocycles. The molecule has 0 aliphatic heterocycles. The Morgan fingerprint density at radius 1 is 1.17 bits per heavy atom. The van der Waals surface area contributed by atoms with Gasteiger partial charge in [-0.25, -0.2) is 0 Å². The molecule has 1 amide bonds. The fourth-order valence-corrected chi connectivity index (χ4v) is 2.95. The summed E-state index contributed by atoms with van der Waals surface area (Å²) in [6.45, 7) is 5.89. The molecule has 5 nitrogen and oxygen atoms in total. The number of hydrogen-bond donors (Lipinski definition) is 1. The Morgan fingerprint density at radius 3 is 2.57 bits per heavy atom. The maximum atomic E-state index is 12.2. The number of rotatable bonds is 5. The average molecular weight is 330 g/mol. The van der Waals surface area contributed by atoms with Crippen LogP contribution in [0.4, 0.5) is 11.4 Å². The molecule has 0 aliphatic rings. The van der Waals surface area contributed by atoms with Gasteiger partial charge in [-0.05, 0) is 50.1 Å². The minimum atomic E-state index is -0.483. The topological polar surface area (TPSA) is 72.2 Å². The number of carbonyl (C=O) groups is 1. The van der Waals surface area contributed by atoms with Gasteiger partial charge in [-0.1, -0.05) is 12.1 Å². The van der Waals surface area contributed by atoms with Crippen LogP contribution < -0.4 is 5.32 Å². The molecule has 0 heterocycles. The first-order valence-corrected chi connectivity index (χ1v) is 8.04. The van der Waals surface area contributed by atoms with Crippen molar-refractivity contribution in [1.29, 1.82) is 0 Å². The maximum Gasteiger partial charge on any atom is 0.271 e. The highest BCUT2D eigenvalue weighted by Gasteiger charge is 2.16. The van der Waals surface area contributed by atoms with E-state index in [2.05, 4.69) is 11.4 Å². The summed E-state index contributed by atoms with van der Waals surface area (Å²) in [5.74, 6) is -0.186. The molecule has 0 radical (unpaired) electrons. The van der Waals surface area contributed by atoms with Crippen molar-refractivity contribution in [1.82, 2.24) is 0 Å². The minimum absolute atomic E-state index is 0.0442. The van der Waals surface area contributed by atoms with Gasteiger partial charge < -0.3 is 5.32 Å². The van der Waals surface area contributed by atoms with E-state index < -0.39 is 4.92 Å². The van der Waals surface area contributed by atoms with Crippen LogP contribution in [-0.2, 0) is 4.79 Å². The quantitative estimate of drug-likeness (QED) is 0.503. The monoisotopic (exact) mass is 330 g/mol. The van der Waals surface area contributed by atoms with Gasteiger partial charge in [0.1, 0.15) is 0 Å². The standard InChI is InChI=1S/C17H18N2O3S/c1-11-7-8-16(9-12(11)2)23-13(3)17(20)18-14-5-4-6-15(10-14)19(21)22/h4-10,13H,1-3H3,(H,18,20)/t13-/m1/s1. The molecule has 23 heavy (non-hydrogen) atoms. The van der Waals surface area contributed by atoms with Gasteiger partial charge >= 0.3 is 0 Å². The van der Waals surface area contributed by atoms with E-state index in [-0.39, 0.29) is 16.8 Å². The van der Waals surface area contributed by atoms with E-state index in [0.717, 1.165) is 4.90 Å². The molecule has 0 spiro atoms. The molecule has 1 N–H and O–H groups in total. The van der Waals surface area contributed by atoms with Crippen LogP contribution in [0.1, 0.15) is 18.1 Å². The number of anilines is 1. The van der Waals surface area contributed by atoms with Crippen molar-refractivity contribution in [3.8, 4) is 0 Å². The van der Waals surface area contributed by atoms with Gasteiger partial charge in [-0.3, -0.25) is 14.9 Å². The van der Waals surface area contributed by atoms with Crippen molar-refractivity contribution in [3.05, 3.63) is 63.7 Å². The lowest BCUT2D eigenvalue weighted by Gasteiger charge is -2.13. The number of nitro groups is 1. The minimum Gasteiger partial charge on any atom is -0.325 e. The Labute approximate surface area is 139 Å². The second-order valence-corrected chi connectivity index (χ2v) is 6.72. The number of hydrogen-bond acceptors (Lipinski definition) is 4. The Balaban J connectivity index is 2.03. The normalized spacial score (nSPS) is 11.8. The van der Waals surface area contributed by atoms with Gasteiger partial charge in [0.15, 0.2) is 0 Å². The number of benzene rings is 2. The Hall–Kier alpha value is -2.34. The highest BCUT2D eigenvalue weighted by Crippen LogP contribution is 2.26. The number of amides is 1. The van der Waals surface area contributed by atoms with E-state index in [1.165, 1.54) is 35.0 Å². The lowest BCUT2D eigenvalue weighted by Crippen LogP contribution is -2.22. The van der Waals surface area contributed by atoms with Crippen molar-refractivity contribution in [2.45, 2.75) is 30.9 Å².